The molecule has 1 aromatic heterocycles. The van der Waals surface area contributed by atoms with Crippen molar-refractivity contribution in [3.8, 4) is 0 Å². The maximum atomic E-state index is 13.3. The molecule has 26 heavy (non-hydrogen) atoms. The van der Waals surface area contributed by atoms with Gasteiger partial charge in [0.15, 0.2) is 0 Å². The fourth-order valence-corrected chi connectivity index (χ4v) is 3.14. The topological polar surface area (TPSA) is 68.5 Å². The van der Waals surface area contributed by atoms with Gasteiger partial charge in [-0.05, 0) is 38.5 Å². The van der Waals surface area contributed by atoms with Crippen LogP contribution in [-0.2, 0) is 29.1 Å². The fraction of sp³-hybridized carbons (Fsp3) is 0.421. The smallest absolute Gasteiger partial charge is 0.264 e. The van der Waals surface area contributed by atoms with Crippen LogP contribution in [0.5, 0.6) is 0 Å². The van der Waals surface area contributed by atoms with E-state index in [1.54, 1.807) is 6.07 Å². The highest BCUT2D eigenvalue weighted by atomic mass is 19.1. The van der Waals surface area contributed by atoms with E-state index >= 15 is 0 Å². The molecule has 1 unspecified atom stereocenters. The number of amides is 1. The highest BCUT2D eigenvalue weighted by Crippen LogP contribution is 2.17. The Bertz CT molecular complexity index is 844. The van der Waals surface area contributed by atoms with E-state index in [0.29, 0.717) is 19.4 Å². The number of halogens is 1. The number of carbonyl (C=O) groups is 1. The van der Waals surface area contributed by atoms with E-state index in [4.69, 9.17) is 4.84 Å². The van der Waals surface area contributed by atoms with E-state index in [1.165, 1.54) is 12.1 Å². The zero-order valence-corrected chi connectivity index (χ0v) is 15.3. The number of benzene rings is 1. The number of oxime groups is 1. The van der Waals surface area contributed by atoms with Crippen molar-refractivity contribution in [2.75, 3.05) is 0 Å². The number of aromatic nitrogens is 2. The monoisotopic (exact) mass is 358 g/mol. The molecule has 1 aromatic carbocycles. The van der Waals surface area contributed by atoms with Crippen molar-refractivity contribution in [3.63, 3.8) is 0 Å². The van der Waals surface area contributed by atoms with Crippen molar-refractivity contribution in [2.24, 2.45) is 5.16 Å². The summed E-state index contributed by atoms with van der Waals surface area (Å²) in [6.07, 6.45) is 0.248. The Kier molecular flexibility index (Phi) is 5.35. The molecule has 7 heteroatoms. The Morgan fingerprint density at radius 3 is 2.92 bits per heavy atom. The molecule has 6 nitrogen and oxygen atoms in total. The maximum absolute atomic E-state index is 13.3. The summed E-state index contributed by atoms with van der Waals surface area (Å²) >= 11 is 0. The van der Waals surface area contributed by atoms with Crippen molar-refractivity contribution in [1.29, 1.82) is 0 Å². The summed E-state index contributed by atoms with van der Waals surface area (Å²) in [4.78, 5) is 17.6. The molecule has 138 valence electrons. The SMILES string of the molecule is CCn1nc(C)c(CNC(=O)C2CC(Cc3cccc(F)c3)=NO2)c1C. The van der Waals surface area contributed by atoms with Gasteiger partial charge in [0, 0.05) is 37.2 Å². The average molecular weight is 358 g/mol. The van der Waals surface area contributed by atoms with Crippen LogP contribution in [0.2, 0.25) is 0 Å². The Balaban J connectivity index is 1.53. The van der Waals surface area contributed by atoms with Crippen LogP contribution in [0.4, 0.5) is 4.39 Å². The molecule has 0 bridgehead atoms. The van der Waals surface area contributed by atoms with E-state index < -0.39 is 6.10 Å². The molecule has 2 aromatic rings. The van der Waals surface area contributed by atoms with Crippen LogP contribution in [0, 0.1) is 19.7 Å². The lowest BCUT2D eigenvalue weighted by Crippen LogP contribution is -2.34. The average Bonchev–Trinajstić information content (AvgIpc) is 3.18. The lowest BCUT2D eigenvalue weighted by molar-refractivity contribution is -0.131. The van der Waals surface area contributed by atoms with Gasteiger partial charge in [0.1, 0.15) is 5.82 Å². The normalized spacial score (nSPS) is 16.3. The summed E-state index contributed by atoms with van der Waals surface area (Å²) in [6, 6.07) is 6.35. The zero-order valence-electron chi connectivity index (χ0n) is 15.3. The Morgan fingerprint density at radius 2 is 2.23 bits per heavy atom. The quantitative estimate of drug-likeness (QED) is 0.863. The molecule has 0 fully saturated rings. The van der Waals surface area contributed by atoms with Gasteiger partial charge in [-0.1, -0.05) is 17.3 Å². The number of hydrogen-bond donors (Lipinski definition) is 1. The predicted molar refractivity (Wildman–Crippen MR) is 96.3 cm³/mol. The van der Waals surface area contributed by atoms with Crippen LogP contribution >= 0.6 is 0 Å². The van der Waals surface area contributed by atoms with Gasteiger partial charge in [0.2, 0.25) is 6.10 Å². The van der Waals surface area contributed by atoms with Crippen molar-refractivity contribution in [2.45, 2.75) is 52.8 Å². The number of aryl methyl sites for hydroxylation is 2. The standard InChI is InChI=1S/C19H23FN4O2/c1-4-24-13(3)17(12(2)22-24)11-21-19(25)18-10-16(23-26-18)9-14-6-5-7-15(20)8-14/h5-8,18H,4,9-11H2,1-3H3,(H,21,25). The van der Waals surface area contributed by atoms with Crippen LogP contribution in [0.1, 0.15) is 35.9 Å². The van der Waals surface area contributed by atoms with Gasteiger partial charge in [0.05, 0.1) is 11.4 Å². The van der Waals surface area contributed by atoms with Gasteiger partial charge < -0.3 is 10.2 Å². The molecule has 3 rings (SSSR count). The zero-order chi connectivity index (χ0) is 18.7. The molecule has 1 atom stereocenters. The molecule has 1 amide bonds. The molecular formula is C19H23FN4O2. The summed E-state index contributed by atoms with van der Waals surface area (Å²) in [7, 11) is 0. The van der Waals surface area contributed by atoms with E-state index in [1.807, 2.05) is 31.5 Å². The number of carbonyl (C=O) groups excluding carboxylic acids is 1. The van der Waals surface area contributed by atoms with E-state index in [0.717, 1.165) is 34.8 Å². The molecule has 1 aliphatic rings. The first-order chi connectivity index (χ1) is 12.5. The summed E-state index contributed by atoms with van der Waals surface area (Å²) in [5.74, 6) is -0.485. The number of nitrogens with zero attached hydrogens (tertiary/aromatic N) is 3. The van der Waals surface area contributed by atoms with Gasteiger partial charge in [-0.2, -0.15) is 5.10 Å². The Labute approximate surface area is 152 Å². The maximum Gasteiger partial charge on any atom is 0.264 e. The lowest BCUT2D eigenvalue weighted by Gasteiger charge is -2.10. The highest BCUT2D eigenvalue weighted by molar-refractivity contribution is 5.93. The number of hydrogen-bond acceptors (Lipinski definition) is 4. The largest absolute Gasteiger partial charge is 0.382 e. The van der Waals surface area contributed by atoms with Crippen LogP contribution < -0.4 is 5.32 Å². The van der Waals surface area contributed by atoms with Crippen molar-refractivity contribution in [1.82, 2.24) is 15.1 Å². The Hall–Kier alpha value is -2.70. The van der Waals surface area contributed by atoms with Gasteiger partial charge in [-0.15, -0.1) is 0 Å². The molecule has 0 spiro atoms. The van der Waals surface area contributed by atoms with Crippen molar-refractivity contribution >= 4 is 11.6 Å². The van der Waals surface area contributed by atoms with Gasteiger partial charge in [-0.3, -0.25) is 9.48 Å². The minimum atomic E-state index is -0.639. The molecule has 0 saturated carbocycles. The first kappa shape index (κ1) is 18.1. The molecule has 2 heterocycles. The minimum Gasteiger partial charge on any atom is -0.382 e. The van der Waals surface area contributed by atoms with Crippen molar-refractivity contribution in [3.05, 3.63) is 52.6 Å². The second kappa shape index (κ2) is 7.68. The number of rotatable bonds is 6. The lowest BCUT2D eigenvalue weighted by atomic mass is 10.0. The molecule has 1 aliphatic heterocycles. The third-order valence-electron chi connectivity index (χ3n) is 4.59. The van der Waals surface area contributed by atoms with E-state index in [-0.39, 0.29) is 11.7 Å². The summed E-state index contributed by atoms with van der Waals surface area (Å²) in [5, 5.41) is 11.3. The second-order valence-electron chi connectivity index (χ2n) is 6.45. The third-order valence-corrected chi connectivity index (χ3v) is 4.59. The number of nitrogens with one attached hydrogen (secondary N) is 1. The van der Waals surface area contributed by atoms with E-state index in [9.17, 15) is 9.18 Å². The molecule has 1 N–H and O–H groups in total. The summed E-state index contributed by atoms with van der Waals surface area (Å²) in [6.45, 7) is 7.18. The van der Waals surface area contributed by atoms with Crippen LogP contribution in [0.3, 0.4) is 0 Å². The van der Waals surface area contributed by atoms with Crippen LogP contribution in [0.25, 0.3) is 0 Å². The molecule has 0 saturated heterocycles. The van der Waals surface area contributed by atoms with Crippen LogP contribution in [-0.4, -0.2) is 27.5 Å². The highest BCUT2D eigenvalue weighted by Gasteiger charge is 2.28. The first-order valence-electron chi connectivity index (χ1n) is 8.74. The second-order valence-corrected chi connectivity index (χ2v) is 6.45. The first-order valence-corrected chi connectivity index (χ1v) is 8.74. The van der Waals surface area contributed by atoms with E-state index in [2.05, 4.69) is 15.6 Å². The van der Waals surface area contributed by atoms with Gasteiger partial charge in [-0.25, -0.2) is 4.39 Å². The fourth-order valence-electron chi connectivity index (χ4n) is 3.14. The van der Waals surface area contributed by atoms with Gasteiger partial charge >= 0.3 is 0 Å². The molecular weight excluding hydrogens is 335 g/mol. The summed E-state index contributed by atoms with van der Waals surface area (Å²) in [5.41, 5.74) is 4.55. The summed E-state index contributed by atoms with van der Waals surface area (Å²) < 4.78 is 15.2. The Morgan fingerprint density at radius 1 is 1.42 bits per heavy atom. The molecule has 0 aliphatic carbocycles. The van der Waals surface area contributed by atoms with Crippen molar-refractivity contribution < 1.29 is 14.0 Å². The predicted octanol–water partition coefficient (Wildman–Crippen LogP) is 2.66. The van der Waals surface area contributed by atoms with Gasteiger partial charge in [0.25, 0.3) is 5.91 Å². The molecule has 0 radical (unpaired) electrons. The van der Waals surface area contributed by atoms with Crippen LogP contribution in [0.15, 0.2) is 29.4 Å². The minimum absolute atomic E-state index is 0.203. The third kappa shape index (κ3) is 3.92.